The molecule has 1 saturated heterocycles. The van der Waals surface area contributed by atoms with Gasteiger partial charge in [-0.25, -0.2) is 0 Å². The van der Waals surface area contributed by atoms with E-state index in [4.69, 9.17) is 26.9 Å². The summed E-state index contributed by atoms with van der Waals surface area (Å²) >= 11 is 7.20. The molecular weight excluding hydrogens is 316 g/mol. The number of fused-ring (bicyclic) bond motifs is 1. The number of anilines is 1. The standard InChI is InChI=1S/C13H11ClN2O4S/c14-5-1-2-8-6(3-5)10(17)9(11(15)20-8)12-16-7(4-21-12)13(18)19/h1-3,7,12,16H,4,15H2,(H,18,19). The van der Waals surface area contributed by atoms with Crippen LogP contribution in [0.4, 0.5) is 5.88 Å². The van der Waals surface area contributed by atoms with E-state index in [9.17, 15) is 9.59 Å². The van der Waals surface area contributed by atoms with Gasteiger partial charge in [0.25, 0.3) is 0 Å². The predicted octanol–water partition coefficient (Wildman–Crippen LogP) is 1.82. The average molecular weight is 327 g/mol. The molecule has 1 aromatic carbocycles. The third-order valence-electron chi connectivity index (χ3n) is 3.26. The largest absolute Gasteiger partial charge is 0.480 e. The fourth-order valence-corrected chi connectivity index (χ4v) is 3.67. The van der Waals surface area contributed by atoms with Crippen LogP contribution in [-0.4, -0.2) is 22.9 Å². The van der Waals surface area contributed by atoms with Crippen molar-refractivity contribution < 1.29 is 14.3 Å². The van der Waals surface area contributed by atoms with Gasteiger partial charge in [-0.3, -0.25) is 14.9 Å². The molecule has 4 N–H and O–H groups in total. The van der Waals surface area contributed by atoms with Crippen molar-refractivity contribution >= 4 is 46.2 Å². The second-order valence-corrected chi connectivity index (χ2v) is 6.19. The first kappa shape index (κ1) is 14.2. The number of benzene rings is 1. The Morgan fingerprint density at radius 3 is 2.95 bits per heavy atom. The van der Waals surface area contributed by atoms with Gasteiger partial charge in [0.1, 0.15) is 11.6 Å². The second-order valence-electron chi connectivity index (χ2n) is 4.62. The molecular formula is C13H11ClN2O4S. The van der Waals surface area contributed by atoms with Gasteiger partial charge >= 0.3 is 5.97 Å². The van der Waals surface area contributed by atoms with Gasteiger partial charge in [-0.15, -0.1) is 11.8 Å². The lowest BCUT2D eigenvalue weighted by molar-refractivity contribution is -0.138. The SMILES string of the molecule is Nc1oc2ccc(Cl)cc2c(=O)c1C1NC(C(=O)O)CS1. The van der Waals surface area contributed by atoms with E-state index in [0.717, 1.165) is 0 Å². The highest BCUT2D eigenvalue weighted by Crippen LogP contribution is 2.35. The summed E-state index contributed by atoms with van der Waals surface area (Å²) in [6.07, 6.45) is 0. The molecule has 2 aromatic rings. The Morgan fingerprint density at radius 2 is 2.29 bits per heavy atom. The lowest BCUT2D eigenvalue weighted by Gasteiger charge is -2.13. The molecule has 2 unspecified atom stereocenters. The summed E-state index contributed by atoms with van der Waals surface area (Å²) in [5, 5.41) is 12.1. The maximum atomic E-state index is 12.6. The number of nitrogens with one attached hydrogen (secondary N) is 1. The van der Waals surface area contributed by atoms with E-state index < -0.39 is 17.4 Å². The van der Waals surface area contributed by atoms with Crippen molar-refractivity contribution in [1.82, 2.24) is 5.32 Å². The van der Waals surface area contributed by atoms with Gasteiger partial charge in [0, 0.05) is 10.8 Å². The summed E-state index contributed by atoms with van der Waals surface area (Å²) in [7, 11) is 0. The van der Waals surface area contributed by atoms with E-state index in [1.807, 2.05) is 0 Å². The monoisotopic (exact) mass is 326 g/mol. The third-order valence-corrected chi connectivity index (χ3v) is 4.72. The molecule has 0 saturated carbocycles. The normalized spacial score (nSPS) is 21.8. The molecule has 110 valence electrons. The molecule has 0 spiro atoms. The molecule has 1 aliphatic heterocycles. The molecule has 2 heterocycles. The van der Waals surface area contributed by atoms with Crippen LogP contribution in [0.5, 0.6) is 0 Å². The van der Waals surface area contributed by atoms with Gasteiger partial charge in [0.05, 0.1) is 16.3 Å². The quantitative estimate of drug-likeness (QED) is 0.772. The summed E-state index contributed by atoms with van der Waals surface area (Å²) in [5.74, 6) is -0.616. The molecule has 6 nitrogen and oxygen atoms in total. The number of carboxylic acid groups (broad SMARTS) is 1. The minimum Gasteiger partial charge on any atom is -0.480 e. The van der Waals surface area contributed by atoms with Crippen LogP contribution >= 0.6 is 23.4 Å². The lowest BCUT2D eigenvalue weighted by Crippen LogP contribution is -2.35. The molecule has 0 bridgehead atoms. The van der Waals surface area contributed by atoms with Gasteiger partial charge in [-0.05, 0) is 18.2 Å². The highest BCUT2D eigenvalue weighted by Gasteiger charge is 2.33. The Hall–Kier alpha value is -1.70. The molecule has 1 aromatic heterocycles. The van der Waals surface area contributed by atoms with Crippen LogP contribution in [0.25, 0.3) is 11.0 Å². The number of carboxylic acids is 1. The molecule has 8 heteroatoms. The molecule has 0 radical (unpaired) electrons. The van der Waals surface area contributed by atoms with Crippen molar-refractivity contribution in [2.45, 2.75) is 11.4 Å². The lowest BCUT2D eigenvalue weighted by atomic mass is 10.1. The smallest absolute Gasteiger partial charge is 0.321 e. The predicted molar refractivity (Wildman–Crippen MR) is 81.7 cm³/mol. The van der Waals surface area contributed by atoms with Crippen LogP contribution in [0.1, 0.15) is 10.9 Å². The molecule has 2 atom stereocenters. The first-order valence-corrected chi connectivity index (χ1v) is 7.52. The number of halogens is 1. The summed E-state index contributed by atoms with van der Waals surface area (Å²) in [6, 6.07) is 3.98. The first-order chi connectivity index (χ1) is 9.97. The highest BCUT2D eigenvalue weighted by molar-refractivity contribution is 7.99. The van der Waals surface area contributed by atoms with Crippen molar-refractivity contribution in [3.63, 3.8) is 0 Å². The van der Waals surface area contributed by atoms with E-state index in [1.54, 1.807) is 12.1 Å². The zero-order valence-corrected chi connectivity index (χ0v) is 12.2. The fraction of sp³-hybridized carbons (Fsp3) is 0.231. The maximum absolute atomic E-state index is 12.6. The van der Waals surface area contributed by atoms with Crippen LogP contribution in [0.3, 0.4) is 0 Å². The number of carbonyl (C=O) groups is 1. The van der Waals surface area contributed by atoms with E-state index >= 15 is 0 Å². The van der Waals surface area contributed by atoms with Crippen molar-refractivity contribution in [2.24, 2.45) is 0 Å². The van der Waals surface area contributed by atoms with Crippen LogP contribution in [-0.2, 0) is 4.79 Å². The van der Waals surface area contributed by atoms with Gasteiger partial charge in [0.15, 0.2) is 0 Å². The Bertz CT molecular complexity index is 792. The van der Waals surface area contributed by atoms with Crippen LogP contribution in [0.15, 0.2) is 27.4 Å². The number of hydrogen-bond donors (Lipinski definition) is 3. The molecule has 0 amide bonds. The van der Waals surface area contributed by atoms with E-state index in [2.05, 4.69) is 5.32 Å². The maximum Gasteiger partial charge on any atom is 0.321 e. The minimum absolute atomic E-state index is 0.00846. The summed E-state index contributed by atoms with van der Waals surface area (Å²) in [4.78, 5) is 23.5. The molecule has 3 rings (SSSR count). The summed E-state index contributed by atoms with van der Waals surface area (Å²) in [6.45, 7) is 0. The minimum atomic E-state index is -0.961. The number of nitrogens with two attached hydrogens (primary N) is 1. The third kappa shape index (κ3) is 2.48. The van der Waals surface area contributed by atoms with E-state index in [-0.39, 0.29) is 16.9 Å². The number of nitrogen functional groups attached to an aromatic ring is 1. The molecule has 1 aliphatic rings. The molecule has 21 heavy (non-hydrogen) atoms. The van der Waals surface area contributed by atoms with Crippen LogP contribution in [0.2, 0.25) is 5.02 Å². The zero-order valence-electron chi connectivity index (χ0n) is 10.6. The van der Waals surface area contributed by atoms with Gasteiger partial charge in [-0.2, -0.15) is 0 Å². The first-order valence-electron chi connectivity index (χ1n) is 6.09. The number of rotatable bonds is 2. The van der Waals surface area contributed by atoms with Gasteiger partial charge < -0.3 is 15.3 Å². The summed E-state index contributed by atoms with van der Waals surface area (Å²) < 4.78 is 5.46. The number of thioether (sulfide) groups is 1. The number of hydrogen-bond acceptors (Lipinski definition) is 6. The van der Waals surface area contributed by atoms with E-state index in [0.29, 0.717) is 21.7 Å². The Balaban J connectivity index is 2.11. The van der Waals surface area contributed by atoms with Gasteiger partial charge in [0.2, 0.25) is 11.3 Å². The average Bonchev–Trinajstić information content (AvgIpc) is 2.89. The molecule has 1 fully saturated rings. The second kappa shape index (κ2) is 5.25. The Labute approximate surface area is 128 Å². The van der Waals surface area contributed by atoms with E-state index in [1.165, 1.54) is 17.8 Å². The highest BCUT2D eigenvalue weighted by atomic mass is 35.5. The zero-order chi connectivity index (χ0) is 15.1. The van der Waals surface area contributed by atoms with Crippen molar-refractivity contribution in [3.05, 3.63) is 39.0 Å². The van der Waals surface area contributed by atoms with Crippen molar-refractivity contribution in [3.8, 4) is 0 Å². The summed E-state index contributed by atoms with van der Waals surface area (Å²) in [5.41, 5.74) is 6.11. The number of aliphatic carboxylic acids is 1. The molecule has 0 aliphatic carbocycles. The topological polar surface area (TPSA) is 106 Å². The fourth-order valence-electron chi connectivity index (χ4n) is 2.23. The Kier molecular flexibility index (Phi) is 3.56. The van der Waals surface area contributed by atoms with Crippen molar-refractivity contribution in [2.75, 3.05) is 11.5 Å². The van der Waals surface area contributed by atoms with Gasteiger partial charge in [-0.1, -0.05) is 11.6 Å². The van der Waals surface area contributed by atoms with Crippen LogP contribution in [0, 0.1) is 0 Å². The van der Waals surface area contributed by atoms with Crippen molar-refractivity contribution in [1.29, 1.82) is 0 Å². The van der Waals surface area contributed by atoms with Crippen LogP contribution < -0.4 is 16.5 Å². The Morgan fingerprint density at radius 1 is 1.52 bits per heavy atom.